The maximum atomic E-state index is 7.69. The normalized spacial score (nSPS) is 17.3. The molecule has 0 spiro atoms. The number of fused-ring (bicyclic) bond motifs is 1. The molecule has 4 N–H and O–H groups in total. The molecule has 1 aliphatic heterocycles. The molecular weight excluding hydrogens is 294 g/mol. The lowest BCUT2D eigenvalue weighted by molar-refractivity contribution is 0.0212. The quantitative estimate of drug-likeness (QED) is 0.555. The highest BCUT2D eigenvalue weighted by Gasteiger charge is 2.22. The Kier molecular flexibility index (Phi) is 4.44. The number of hydrogen-bond acceptors (Lipinski definition) is 6. The van der Waals surface area contributed by atoms with Crippen LogP contribution in [0.5, 0.6) is 0 Å². The van der Waals surface area contributed by atoms with Crippen molar-refractivity contribution >= 4 is 22.9 Å². The number of anilines is 1. The lowest BCUT2D eigenvalue weighted by atomic mass is 10.2. The summed E-state index contributed by atoms with van der Waals surface area (Å²) in [6.07, 6.45) is 2.80. The summed E-state index contributed by atoms with van der Waals surface area (Å²) in [4.78, 5) is 11.4. The number of hydrogen-bond donors (Lipinski definition) is 3. The summed E-state index contributed by atoms with van der Waals surface area (Å²) >= 11 is 0. The van der Waals surface area contributed by atoms with Gasteiger partial charge < -0.3 is 15.8 Å². The number of ether oxygens (including phenoxy) is 1. The van der Waals surface area contributed by atoms with Crippen molar-refractivity contribution < 1.29 is 4.74 Å². The number of rotatable bonds is 5. The number of amidine groups is 1. The van der Waals surface area contributed by atoms with E-state index in [0.29, 0.717) is 11.1 Å². The van der Waals surface area contributed by atoms with E-state index in [1.807, 2.05) is 11.6 Å². The fourth-order valence-corrected chi connectivity index (χ4v) is 2.92. The van der Waals surface area contributed by atoms with Crippen molar-refractivity contribution in [3.63, 3.8) is 0 Å². The molecule has 1 saturated heterocycles. The van der Waals surface area contributed by atoms with E-state index >= 15 is 0 Å². The van der Waals surface area contributed by atoms with Crippen molar-refractivity contribution in [1.29, 1.82) is 5.41 Å². The highest BCUT2D eigenvalue weighted by atomic mass is 16.5. The second-order valence-electron chi connectivity index (χ2n) is 5.66. The average Bonchev–Trinajstić information content (AvgIpc) is 2.89. The third-order valence-electron chi connectivity index (χ3n) is 4.22. The number of nitrogens with two attached hydrogens (primary N) is 1. The number of nitrogen functional groups attached to an aromatic ring is 1. The van der Waals surface area contributed by atoms with Crippen LogP contribution in [0.25, 0.3) is 11.2 Å². The van der Waals surface area contributed by atoms with E-state index in [1.54, 1.807) is 12.3 Å². The van der Waals surface area contributed by atoms with Crippen molar-refractivity contribution in [1.82, 2.24) is 19.4 Å². The third-order valence-corrected chi connectivity index (χ3v) is 4.22. The molecule has 1 atom stereocenters. The zero-order valence-corrected chi connectivity index (χ0v) is 13.5. The van der Waals surface area contributed by atoms with E-state index in [1.165, 1.54) is 0 Å². The second-order valence-corrected chi connectivity index (χ2v) is 5.66. The zero-order chi connectivity index (χ0) is 16.4. The number of nitrogens with one attached hydrogen (secondary N) is 2. The standard InChI is InChI=1S/C15H23N7O/c1-3-11(22-6-8-23-9-7-22)19-15-20-12-10(13(16)17)4-5-18-14(12)21(15)2/h4-5,11H,3,6-9H2,1-2H3,(H3,16,17)(H,19,20). The van der Waals surface area contributed by atoms with E-state index in [0.717, 1.165) is 44.3 Å². The minimum atomic E-state index is 0.00210. The SMILES string of the molecule is CCC(Nc1nc2c(C(=N)N)ccnc2n1C)N1CCOCC1. The Morgan fingerprint density at radius 3 is 2.87 bits per heavy atom. The van der Waals surface area contributed by atoms with Gasteiger partial charge in [0.25, 0.3) is 0 Å². The van der Waals surface area contributed by atoms with Crippen LogP contribution in [0.4, 0.5) is 5.95 Å². The second kappa shape index (κ2) is 6.51. The summed E-state index contributed by atoms with van der Waals surface area (Å²) in [5.41, 5.74) is 7.63. The molecule has 8 nitrogen and oxygen atoms in total. The minimum absolute atomic E-state index is 0.00210. The van der Waals surface area contributed by atoms with Gasteiger partial charge in [-0.15, -0.1) is 0 Å². The van der Waals surface area contributed by atoms with Crippen LogP contribution in [0.15, 0.2) is 12.3 Å². The predicted molar refractivity (Wildman–Crippen MR) is 89.6 cm³/mol. The Bertz CT molecular complexity index is 705. The van der Waals surface area contributed by atoms with E-state index in [-0.39, 0.29) is 12.0 Å². The molecular formula is C15H23N7O. The van der Waals surface area contributed by atoms with Gasteiger partial charge >= 0.3 is 0 Å². The fraction of sp³-hybridized carbons (Fsp3) is 0.533. The zero-order valence-electron chi connectivity index (χ0n) is 13.5. The summed E-state index contributed by atoms with van der Waals surface area (Å²) in [5, 5.41) is 11.2. The molecule has 0 aromatic carbocycles. The van der Waals surface area contributed by atoms with Crippen LogP contribution in [0.2, 0.25) is 0 Å². The van der Waals surface area contributed by atoms with Gasteiger partial charge in [0.15, 0.2) is 5.65 Å². The Morgan fingerprint density at radius 2 is 2.22 bits per heavy atom. The van der Waals surface area contributed by atoms with Gasteiger partial charge in [-0.1, -0.05) is 6.92 Å². The number of imidazole rings is 1. The summed E-state index contributed by atoms with van der Waals surface area (Å²) in [5.74, 6) is 0.738. The maximum Gasteiger partial charge on any atom is 0.206 e. The van der Waals surface area contributed by atoms with Gasteiger partial charge in [0, 0.05) is 31.9 Å². The molecule has 0 aliphatic carbocycles. The highest BCUT2D eigenvalue weighted by Crippen LogP contribution is 2.21. The number of pyridine rings is 1. The van der Waals surface area contributed by atoms with Crippen LogP contribution < -0.4 is 11.1 Å². The lowest BCUT2D eigenvalue weighted by Gasteiger charge is -2.34. The van der Waals surface area contributed by atoms with Gasteiger partial charge in [-0.25, -0.2) is 9.97 Å². The molecule has 3 rings (SSSR count). The predicted octanol–water partition coefficient (Wildman–Crippen LogP) is 0.733. The third kappa shape index (κ3) is 2.99. The number of nitrogens with zero attached hydrogens (tertiary/aromatic N) is 4. The summed E-state index contributed by atoms with van der Waals surface area (Å²) in [7, 11) is 1.92. The van der Waals surface area contributed by atoms with Crippen LogP contribution in [0.1, 0.15) is 18.9 Å². The Balaban J connectivity index is 1.91. The number of morpholine rings is 1. The van der Waals surface area contributed by atoms with E-state index in [4.69, 9.17) is 15.9 Å². The van der Waals surface area contributed by atoms with Gasteiger partial charge in [0.1, 0.15) is 11.4 Å². The number of aryl methyl sites for hydroxylation is 1. The molecule has 0 radical (unpaired) electrons. The van der Waals surface area contributed by atoms with Crippen LogP contribution in [-0.2, 0) is 11.8 Å². The smallest absolute Gasteiger partial charge is 0.206 e. The molecule has 2 aromatic rings. The van der Waals surface area contributed by atoms with Crippen LogP contribution in [0.3, 0.4) is 0 Å². The first-order valence-electron chi connectivity index (χ1n) is 7.86. The van der Waals surface area contributed by atoms with E-state index in [2.05, 4.69) is 27.1 Å². The fourth-order valence-electron chi connectivity index (χ4n) is 2.92. The average molecular weight is 317 g/mol. The van der Waals surface area contributed by atoms with Gasteiger partial charge in [0.05, 0.1) is 19.4 Å². The topological polar surface area (TPSA) is 105 Å². The molecule has 0 bridgehead atoms. The lowest BCUT2D eigenvalue weighted by Crippen LogP contribution is -2.47. The van der Waals surface area contributed by atoms with Crippen LogP contribution >= 0.6 is 0 Å². The van der Waals surface area contributed by atoms with Crippen molar-refractivity contribution in [3.8, 4) is 0 Å². The summed E-state index contributed by atoms with van der Waals surface area (Å²) in [6, 6.07) is 1.72. The molecule has 1 fully saturated rings. The minimum Gasteiger partial charge on any atom is -0.384 e. The van der Waals surface area contributed by atoms with Gasteiger partial charge in [-0.05, 0) is 12.5 Å². The van der Waals surface area contributed by atoms with E-state index < -0.39 is 0 Å². The first-order chi connectivity index (χ1) is 11.1. The van der Waals surface area contributed by atoms with Gasteiger partial charge in [-0.3, -0.25) is 14.9 Å². The van der Waals surface area contributed by atoms with Crippen molar-refractivity contribution in [2.24, 2.45) is 12.8 Å². The number of aromatic nitrogens is 3. The summed E-state index contributed by atoms with van der Waals surface area (Å²) in [6.45, 7) is 5.49. The molecule has 0 amide bonds. The Hall–Kier alpha value is -2.19. The van der Waals surface area contributed by atoms with E-state index in [9.17, 15) is 0 Å². The monoisotopic (exact) mass is 317 g/mol. The van der Waals surface area contributed by atoms with Gasteiger partial charge in [-0.2, -0.15) is 0 Å². The molecule has 0 saturated carbocycles. The van der Waals surface area contributed by atoms with Crippen molar-refractivity contribution in [2.45, 2.75) is 19.5 Å². The first-order valence-corrected chi connectivity index (χ1v) is 7.86. The Morgan fingerprint density at radius 1 is 1.48 bits per heavy atom. The molecule has 3 heterocycles. The Labute approximate surface area is 135 Å². The van der Waals surface area contributed by atoms with Crippen molar-refractivity contribution in [3.05, 3.63) is 17.8 Å². The van der Waals surface area contributed by atoms with Gasteiger partial charge in [0.2, 0.25) is 5.95 Å². The van der Waals surface area contributed by atoms with Crippen LogP contribution in [-0.4, -0.2) is 57.7 Å². The summed E-state index contributed by atoms with van der Waals surface area (Å²) < 4.78 is 7.33. The molecule has 1 aliphatic rings. The maximum absolute atomic E-state index is 7.69. The molecule has 8 heteroatoms. The molecule has 2 aromatic heterocycles. The largest absolute Gasteiger partial charge is 0.384 e. The molecule has 124 valence electrons. The molecule has 23 heavy (non-hydrogen) atoms. The first kappa shape index (κ1) is 15.7. The molecule has 1 unspecified atom stereocenters. The van der Waals surface area contributed by atoms with Crippen LogP contribution in [0, 0.1) is 5.41 Å². The highest BCUT2D eigenvalue weighted by molar-refractivity contribution is 6.05. The van der Waals surface area contributed by atoms with Crippen molar-refractivity contribution in [2.75, 3.05) is 31.6 Å².